The molecule has 0 saturated carbocycles. The summed E-state index contributed by atoms with van der Waals surface area (Å²) in [6, 6.07) is 2.80. The monoisotopic (exact) mass is 347 g/mol. The molecule has 8 heteroatoms. The smallest absolute Gasteiger partial charge is 0.271 e. The Hall–Kier alpha value is -2.35. The number of nitrogens with zero attached hydrogens (tertiary/aromatic N) is 2. The van der Waals surface area contributed by atoms with Crippen LogP contribution in [0.4, 0.5) is 0 Å². The fourth-order valence-electron chi connectivity index (χ4n) is 2.32. The van der Waals surface area contributed by atoms with Crippen molar-refractivity contribution in [1.29, 1.82) is 0 Å². The molecule has 1 fully saturated rings. The molecule has 128 valence electrons. The van der Waals surface area contributed by atoms with E-state index in [1.807, 2.05) is 0 Å². The van der Waals surface area contributed by atoms with E-state index in [9.17, 15) is 9.59 Å². The molecule has 3 N–H and O–H groups in total. The number of hydrazone groups is 1. The minimum absolute atomic E-state index is 0.163. The molecule has 24 heavy (non-hydrogen) atoms. The summed E-state index contributed by atoms with van der Waals surface area (Å²) in [5, 5.41) is 10.0. The number of aromatic nitrogens is 1. The number of hydrogen-bond donors (Lipinski definition) is 3. The van der Waals surface area contributed by atoms with E-state index in [0.717, 1.165) is 31.4 Å². The quantitative estimate of drug-likeness (QED) is 0.287. The Bertz CT molecular complexity index is 633. The first-order valence-electron chi connectivity index (χ1n) is 7.97. The van der Waals surface area contributed by atoms with Crippen LogP contribution < -0.4 is 16.1 Å². The van der Waals surface area contributed by atoms with Gasteiger partial charge < -0.3 is 10.6 Å². The maximum Gasteiger partial charge on any atom is 0.271 e. The average molecular weight is 347 g/mol. The SMILES string of the molecule is CCCCC/C(C[C@H]1NC(=S)NC1=O)=N/NC(=O)c1ccncc1. The summed E-state index contributed by atoms with van der Waals surface area (Å²) >= 11 is 4.94. The van der Waals surface area contributed by atoms with Crippen molar-refractivity contribution in [2.75, 3.05) is 0 Å². The number of carbonyl (C=O) groups is 2. The first kappa shape index (κ1) is 18.0. The van der Waals surface area contributed by atoms with Crippen LogP contribution >= 0.6 is 12.2 Å². The highest BCUT2D eigenvalue weighted by molar-refractivity contribution is 7.80. The summed E-state index contributed by atoms with van der Waals surface area (Å²) in [6.45, 7) is 2.12. The molecule has 0 bridgehead atoms. The van der Waals surface area contributed by atoms with Crippen molar-refractivity contribution in [2.24, 2.45) is 5.10 Å². The summed E-state index contributed by atoms with van der Waals surface area (Å²) in [4.78, 5) is 27.7. The zero-order valence-corrected chi connectivity index (χ0v) is 14.4. The highest BCUT2D eigenvalue weighted by atomic mass is 32.1. The van der Waals surface area contributed by atoms with Crippen LogP contribution in [0.1, 0.15) is 49.4 Å². The molecule has 0 unspecified atom stereocenters. The number of carbonyl (C=O) groups excluding carboxylic acids is 2. The van der Waals surface area contributed by atoms with Gasteiger partial charge in [0.05, 0.1) is 0 Å². The molecular formula is C16H21N5O2S. The van der Waals surface area contributed by atoms with Crippen molar-refractivity contribution >= 4 is 34.9 Å². The summed E-state index contributed by atoms with van der Waals surface area (Å²) in [6.07, 6.45) is 7.35. The molecule has 1 aromatic rings. The van der Waals surface area contributed by atoms with Crippen molar-refractivity contribution in [3.8, 4) is 0 Å². The lowest BCUT2D eigenvalue weighted by molar-refractivity contribution is -0.119. The van der Waals surface area contributed by atoms with Crippen LogP contribution in [0.2, 0.25) is 0 Å². The molecule has 0 aromatic carbocycles. The van der Waals surface area contributed by atoms with Crippen molar-refractivity contribution < 1.29 is 9.59 Å². The maximum atomic E-state index is 12.1. The summed E-state index contributed by atoms with van der Waals surface area (Å²) < 4.78 is 0. The molecule has 0 aliphatic carbocycles. The summed E-state index contributed by atoms with van der Waals surface area (Å²) in [7, 11) is 0. The Morgan fingerprint density at radius 2 is 2.12 bits per heavy atom. The van der Waals surface area contributed by atoms with Crippen molar-refractivity contribution in [1.82, 2.24) is 21.0 Å². The molecule has 1 aliphatic rings. The Morgan fingerprint density at radius 3 is 2.75 bits per heavy atom. The molecule has 1 aromatic heterocycles. The average Bonchev–Trinajstić information content (AvgIpc) is 2.90. The molecule has 0 spiro atoms. The Kier molecular flexibility index (Phi) is 6.80. The lowest BCUT2D eigenvalue weighted by Gasteiger charge is -2.11. The predicted octanol–water partition coefficient (Wildman–Crippen LogP) is 1.51. The largest absolute Gasteiger partial charge is 0.350 e. The van der Waals surface area contributed by atoms with E-state index in [1.165, 1.54) is 0 Å². The van der Waals surface area contributed by atoms with Gasteiger partial charge in [0, 0.05) is 30.1 Å². The van der Waals surface area contributed by atoms with Gasteiger partial charge >= 0.3 is 0 Å². The second kappa shape index (κ2) is 9.07. The molecule has 0 radical (unpaired) electrons. The molecular weight excluding hydrogens is 326 g/mol. The number of pyridine rings is 1. The second-order valence-electron chi connectivity index (χ2n) is 5.53. The number of amides is 2. The fraction of sp³-hybridized carbons (Fsp3) is 0.438. The number of nitrogens with one attached hydrogen (secondary N) is 3. The number of unbranched alkanes of at least 4 members (excludes halogenated alkanes) is 2. The molecule has 2 heterocycles. The van der Waals surface area contributed by atoms with Crippen molar-refractivity contribution in [3.05, 3.63) is 30.1 Å². The van der Waals surface area contributed by atoms with Gasteiger partial charge in [-0.05, 0) is 37.2 Å². The van der Waals surface area contributed by atoms with E-state index in [4.69, 9.17) is 12.2 Å². The van der Waals surface area contributed by atoms with Gasteiger partial charge in [-0.2, -0.15) is 5.10 Å². The van der Waals surface area contributed by atoms with Crippen molar-refractivity contribution in [3.63, 3.8) is 0 Å². The number of rotatable bonds is 8. The third-order valence-electron chi connectivity index (χ3n) is 3.63. The first-order chi connectivity index (χ1) is 11.6. The van der Waals surface area contributed by atoms with Gasteiger partial charge in [0.15, 0.2) is 5.11 Å². The zero-order valence-electron chi connectivity index (χ0n) is 13.5. The van der Waals surface area contributed by atoms with Gasteiger partial charge in [-0.1, -0.05) is 19.8 Å². The van der Waals surface area contributed by atoms with Crippen LogP contribution in [0, 0.1) is 0 Å². The highest BCUT2D eigenvalue weighted by Crippen LogP contribution is 2.08. The minimum Gasteiger partial charge on any atom is -0.350 e. The van der Waals surface area contributed by atoms with Crippen LogP contribution in [-0.2, 0) is 4.79 Å². The van der Waals surface area contributed by atoms with Crippen LogP contribution in [0.25, 0.3) is 0 Å². The topological polar surface area (TPSA) is 95.5 Å². The van der Waals surface area contributed by atoms with E-state index in [2.05, 4.69) is 33.1 Å². The second-order valence-corrected chi connectivity index (χ2v) is 5.94. The Morgan fingerprint density at radius 1 is 1.38 bits per heavy atom. The Labute approximate surface area is 146 Å². The van der Waals surface area contributed by atoms with Gasteiger partial charge in [-0.3, -0.25) is 14.6 Å². The Balaban J connectivity index is 2.00. The third-order valence-corrected chi connectivity index (χ3v) is 3.85. The molecule has 1 aliphatic heterocycles. The third kappa shape index (κ3) is 5.38. The minimum atomic E-state index is -0.435. The van der Waals surface area contributed by atoms with Gasteiger partial charge in [0.25, 0.3) is 5.91 Å². The molecule has 2 amide bonds. The molecule has 1 atom stereocenters. The van der Waals surface area contributed by atoms with Gasteiger partial charge in [0.1, 0.15) is 6.04 Å². The van der Waals surface area contributed by atoms with Crippen LogP contribution in [0.5, 0.6) is 0 Å². The van der Waals surface area contributed by atoms with Gasteiger partial charge in [-0.25, -0.2) is 5.43 Å². The zero-order chi connectivity index (χ0) is 17.4. The predicted molar refractivity (Wildman–Crippen MR) is 95.6 cm³/mol. The van der Waals surface area contributed by atoms with Crippen LogP contribution in [0.15, 0.2) is 29.6 Å². The molecule has 1 saturated heterocycles. The normalized spacial score (nSPS) is 17.4. The van der Waals surface area contributed by atoms with E-state index >= 15 is 0 Å². The lowest BCUT2D eigenvalue weighted by Crippen LogP contribution is -2.32. The number of thiocarbonyl (C=S) groups is 1. The van der Waals surface area contributed by atoms with E-state index in [1.54, 1.807) is 24.5 Å². The van der Waals surface area contributed by atoms with Crippen molar-refractivity contribution in [2.45, 2.75) is 45.1 Å². The molecule has 2 rings (SSSR count). The summed E-state index contributed by atoms with van der Waals surface area (Å²) in [5.41, 5.74) is 3.81. The van der Waals surface area contributed by atoms with Crippen LogP contribution in [0.3, 0.4) is 0 Å². The highest BCUT2D eigenvalue weighted by Gasteiger charge is 2.28. The maximum absolute atomic E-state index is 12.1. The van der Waals surface area contributed by atoms with E-state index < -0.39 is 6.04 Å². The van der Waals surface area contributed by atoms with E-state index in [-0.39, 0.29) is 11.8 Å². The summed E-state index contributed by atoms with van der Waals surface area (Å²) in [5.74, 6) is -0.464. The fourth-order valence-corrected chi connectivity index (χ4v) is 2.56. The lowest BCUT2D eigenvalue weighted by atomic mass is 10.0. The molecule has 7 nitrogen and oxygen atoms in total. The van der Waals surface area contributed by atoms with Crippen LogP contribution in [-0.4, -0.2) is 33.7 Å². The standard InChI is InChI=1S/C16H21N5O2S/c1-2-3-4-5-12(10-13-15(23)19-16(24)18-13)20-21-14(22)11-6-8-17-9-7-11/h6-9,13H,2-5,10H2,1H3,(H,21,22)(H2,18,19,23,24)/b20-12-/t13-/m1/s1. The first-order valence-corrected chi connectivity index (χ1v) is 8.38. The van der Waals surface area contributed by atoms with E-state index in [0.29, 0.717) is 17.1 Å². The number of hydrogen-bond acceptors (Lipinski definition) is 5. The van der Waals surface area contributed by atoms with Gasteiger partial charge in [-0.15, -0.1) is 0 Å². The van der Waals surface area contributed by atoms with Gasteiger partial charge in [0.2, 0.25) is 5.91 Å².